The standard InChI is InChI=1S/C12H24N4O3/c1-8(2)13-5-10(17)14-6-11(18)15-7-12(19)16-9(3)4/h8-9,13H,5-7H2,1-4H3,(H,14,17)(H,15,18)(H,16,19). The van der Waals surface area contributed by atoms with Gasteiger partial charge in [0.25, 0.3) is 0 Å². The highest BCUT2D eigenvalue weighted by atomic mass is 16.2. The zero-order valence-corrected chi connectivity index (χ0v) is 12.0. The largest absolute Gasteiger partial charge is 0.352 e. The average molecular weight is 272 g/mol. The molecule has 110 valence electrons. The van der Waals surface area contributed by atoms with Crippen molar-refractivity contribution < 1.29 is 14.4 Å². The number of amides is 3. The van der Waals surface area contributed by atoms with E-state index in [4.69, 9.17) is 0 Å². The van der Waals surface area contributed by atoms with Gasteiger partial charge in [0.1, 0.15) is 0 Å². The van der Waals surface area contributed by atoms with Crippen molar-refractivity contribution in [3.05, 3.63) is 0 Å². The fourth-order valence-corrected chi connectivity index (χ4v) is 1.15. The molecule has 0 radical (unpaired) electrons. The third-order valence-electron chi connectivity index (χ3n) is 2.01. The second kappa shape index (κ2) is 9.32. The minimum Gasteiger partial charge on any atom is -0.352 e. The van der Waals surface area contributed by atoms with Crippen LogP contribution in [0.4, 0.5) is 0 Å². The molecule has 4 N–H and O–H groups in total. The number of carbonyl (C=O) groups is 3. The Bertz CT molecular complexity index is 316. The molecule has 3 amide bonds. The molecule has 0 fully saturated rings. The normalized spacial score (nSPS) is 10.4. The maximum Gasteiger partial charge on any atom is 0.239 e. The monoisotopic (exact) mass is 272 g/mol. The van der Waals surface area contributed by atoms with Crippen LogP contribution in [-0.4, -0.2) is 49.4 Å². The molecule has 0 spiro atoms. The highest BCUT2D eigenvalue weighted by Crippen LogP contribution is 1.77. The molecule has 0 aromatic rings. The molecular weight excluding hydrogens is 248 g/mol. The summed E-state index contributed by atoms with van der Waals surface area (Å²) in [4.78, 5) is 33.9. The molecule has 19 heavy (non-hydrogen) atoms. The van der Waals surface area contributed by atoms with Crippen molar-refractivity contribution in [2.24, 2.45) is 0 Å². The third-order valence-corrected chi connectivity index (χ3v) is 2.01. The number of nitrogens with one attached hydrogen (secondary N) is 4. The lowest BCUT2D eigenvalue weighted by Crippen LogP contribution is -2.45. The van der Waals surface area contributed by atoms with Crippen molar-refractivity contribution in [2.75, 3.05) is 19.6 Å². The molecule has 0 atom stereocenters. The van der Waals surface area contributed by atoms with Crippen LogP contribution < -0.4 is 21.3 Å². The Morgan fingerprint density at radius 2 is 1.21 bits per heavy atom. The van der Waals surface area contributed by atoms with E-state index >= 15 is 0 Å². The van der Waals surface area contributed by atoms with Crippen molar-refractivity contribution in [3.8, 4) is 0 Å². The quantitative estimate of drug-likeness (QED) is 0.443. The first-order valence-corrected chi connectivity index (χ1v) is 6.37. The highest BCUT2D eigenvalue weighted by molar-refractivity contribution is 5.88. The fraction of sp³-hybridized carbons (Fsp3) is 0.750. The van der Waals surface area contributed by atoms with Crippen LogP contribution >= 0.6 is 0 Å². The van der Waals surface area contributed by atoms with E-state index in [9.17, 15) is 14.4 Å². The maximum atomic E-state index is 11.3. The van der Waals surface area contributed by atoms with Crippen molar-refractivity contribution in [2.45, 2.75) is 39.8 Å². The minimum absolute atomic E-state index is 0.0335. The second-order valence-corrected chi connectivity index (χ2v) is 4.81. The first-order chi connectivity index (χ1) is 8.81. The van der Waals surface area contributed by atoms with Crippen LogP contribution in [0.3, 0.4) is 0 Å². The van der Waals surface area contributed by atoms with Crippen molar-refractivity contribution >= 4 is 17.7 Å². The lowest BCUT2D eigenvalue weighted by atomic mass is 10.4. The number of rotatable bonds is 8. The summed E-state index contributed by atoms with van der Waals surface area (Å²) in [5.74, 6) is -0.900. The Hall–Kier alpha value is -1.63. The topological polar surface area (TPSA) is 99.3 Å². The molecule has 7 heteroatoms. The summed E-state index contributed by atoms with van der Waals surface area (Å²) >= 11 is 0. The Kier molecular flexibility index (Phi) is 8.52. The molecule has 0 aliphatic carbocycles. The van der Waals surface area contributed by atoms with Gasteiger partial charge in [0.15, 0.2) is 0 Å². The summed E-state index contributed by atoms with van der Waals surface area (Å²) in [7, 11) is 0. The van der Waals surface area contributed by atoms with Crippen LogP contribution in [-0.2, 0) is 14.4 Å². The number of hydrogen-bond donors (Lipinski definition) is 4. The van der Waals surface area contributed by atoms with Crippen molar-refractivity contribution in [3.63, 3.8) is 0 Å². The van der Waals surface area contributed by atoms with Gasteiger partial charge in [-0.1, -0.05) is 13.8 Å². The Morgan fingerprint density at radius 1 is 0.737 bits per heavy atom. The van der Waals surface area contributed by atoms with Gasteiger partial charge in [0.2, 0.25) is 17.7 Å². The van der Waals surface area contributed by atoms with Gasteiger partial charge in [0, 0.05) is 12.1 Å². The van der Waals surface area contributed by atoms with Gasteiger partial charge in [-0.25, -0.2) is 0 Å². The number of carbonyl (C=O) groups excluding carboxylic acids is 3. The molecule has 0 aliphatic heterocycles. The van der Waals surface area contributed by atoms with E-state index in [1.165, 1.54) is 0 Å². The van der Waals surface area contributed by atoms with Crippen LogP contribution in [0.15, 0.2) is 0 Å². The molecular formula is C12H24N4O3. The second-order valence-electron chi connectivity index (χ2n) is 4.81. The lowest BCUT2D eigenvalue weighted by molar-refractivity contribution is -0.127. The van der Waals surface area contributed by atoms with Crippen molar-refractivity contribution in [1.82, 2.24) is 21.3 Å². The predicted molar refractivity (Wildman–Crippen MR) is 72.4 cm³/mol. The first kappa shape index (κ1) is 17.4. The molecule has 7 nitrogen and oxygen atoms in total. The van der Waals surface area contributed by atoms with Gasteiger partial charge in [-0.2, -0.15) is 0 Å². The van der Waals surface area contributed by atoms with Crippen LogP contribution in [0.25, 0.3) is 0 Å². The smallest absolute Gasteiger partial charge is 0.239 e. The molecule has 0 unspecified atom stereocenters. The van der Waals surface area contributed by atoms with Crippen LogP contribution in [0.5, 0.6) is 0 Å². The fourth-order valence-electron chi connectivity index (χ4n) is 1.15. The van der Waals surface area contributed by atoms with Crippen LogP contribution in [0.1, 0.15) is 27.7 Å². The van der Waals surface area contributed by atoms with Gasteiger partial charge >= 0.3 is 0 Å². The molecule has 0 saturated carbocycles. The van der Waals surface area contributed by atoms with Gasteiger partial charge in [-0.15, -0.1) is 0 Å². The average Bonchev–Trinajstić information content (AvgIpc) is 2.30. The molecule has 0 aliphatic rings. The van der Waals surface area contributed by atoms with E-state index in [0.29, 0.717) is 0 Å². The van der Waals surface area contributed by atoms with E-state index in [-0.39, 0.29) is 43.5 Å². The Balaban J connectivity index is 3.69. The molecule has 0 bridgehead atoms. The van der Waals surface area contributed by atoms with Gasteiger partial charge < -0.3 is 21.3 Å². The zero-order valence-electron chi connectivity index (χ0n) is 12.0. The Morgan fingerprint density at radius 3 is 1.68 bits per heavy atom. The van der Waals surface area contributed by atoms with Gasteiger partial charge in [-0.3, -0.25) is 14.4 Å². The zero-order chi connectivity index (χ0) is 14.8. The predicted octanol–water partition coefficient (Wildman–Crippen LogP) is -1.26. The third kappa shape index (κ3) is 11.2. The molecule has 0 aromatic heterocycles. The van der Waals surface area contributed by atoms with E-state index in [1.807, 2.05) is 27.7 Å². The summed E-state index contributed by atoms with van der Waals surface area (Å²) in [6.07, 6.45) is 0. The maximum absolute atomic E-state index is 11.3. The Labute approximate surface area is 113 Å². The first-order valence-electron chi connectivity index (χ1n) is 6.37. The summed E-state index contributed by atoms with van der Waals surface area (Å²) < 4.78 is 0. The molecule has 0 rings (SSSR count). The van der Waals surface area contributed by atoms with Gasteiger partial charge in [-0.05, 0) is 13.8 Å². The van der Waals surface area contributed by atoms with Gasteiger partial charge in [0.05, 0.1) is 19.6 Å². The van der Waals surface area contributed by atoms with Crippen LogP contribution in [0.2, 0.25) is 0 Å². The summed E-state index contributed by atoms with van der Waals surface area (Å²) in [6.45, 7) is 7.47. The van der Waals surface area contributed by atoms with E-state index < -0.39 is 5.91 Å². The number of hydrogen-bond acceptors (Lipinski definition) is 4. The summed E-state index contributed by atoms with van der Waals surface area (Å²) in [5, 5.41) is 10.5. The van der Waals surface area contributed by atoms with E-state index in [2.05, 4.69) is 21.3 Å². The molecule has 0 heterocycles. The highest BCUT2D eigenvalue weighted by Gasteiger charge is 2.08. The molecule has 0 saturated heterocycles. The van der Waals surface area contributed by atoms with Crippen LogP contribution in [0, 0.1) is 0 Å². The van der Waals surface area contributed by atoms with Crippen molar-refractivity contribution in [1.29, 1.82) is 0 Å². The summed E-state index contributed by atoms with van der Waals surface area (Å²) in [6, 6.07) is 0.241. The lowest BCUT2D eigenvalue weighted by Gasteiger charge is -2.10. The molecule has 0 aromatic carbocycles. The summed E-state index contributed by atoms with van der Waals surface area (Å²) in [5.41, 5.74) is 0. The van der Waals surface area contributed by atoms with E-state index in [0.717, 1.165) is 0 Å². The minimum atomic E-state index is -0.392. The van der Waals surface area contributed by atoms with E-state index in [1.54, 1.807) is 0 Å². The SMILES string of the molecule is CC(C)NCC(=O)NCC(=O)NCC(=O)NC(C)C.